The molecule has 0 aliphatic carbocycles. The number of carbonyl (C=O) groups is 1. The van der Waals surface area contributed by atoms with Gasteiger partial charge in [0.2, 0.25) is 0 Å². The first-order chi connectivity index (χ1) is 12.6. The normalized spacial score (nSPS) is 14.8. The van der Waals surface area contributed by atoms with E-state index in [0.717, 1.165) is 25.2 Å². The fourth-order valence-corrected chi connectivity index (χ4v) is 3.03. The molecule has 1 fully saturated rings. The zero-order valence-corrected chi connectivity index (χ0v) is 14.5. The molecule has 1 aliphatic rings. The molecule has 1 N–H and O–H groups in total. The summed E-state index contributed by atoms with van der Waals surface area (Å²) in [5.41, 5.74) is 1.18. The van der Waals surface area contributed by atoms with Gasteiger partial charge in [0.15, 0.2) is 6.61 Å². The van der Waals surface area contributed by atoms with Gasteiger partial charge >= 0.3 is 0 Å². The molecular weight excluding hydrogens is 334 g/mol. The number of piperazine rings is 1. The van der Waals surface area contributed by atoms with Crippen LogP contribution >= 0.6 is 0 Å². The van der Waals surface area contributed by atoms with Crippen LogP contribution < -0.4 is 9.64 Å². The lowest BCUT2D eigenvalue weighted by molar-refractivity contribution is -0.917. The number of hydrogen-bond acceptors (Lipinski definition) is 4. The van der Waals surface area contributed by atoms with Crippen LogP contribution in [0.25, 0.3) is 0 Å². The van der Waals surface area contributed by atoms with E-state index in [9.17, 15) is 14.9 Å². The van der Waals surface area contributed by atoms with Crippen molar-refractivity contribution in [2.75, 3.05) is 32.8 Å². The van der Waals surface area contributed by atoms with Crippen molar-refractivity contribution in [1.82, 2.24) is 4.90 Å². The summed E-state index contributed by atoms with van der Waals surface area (Å²) in [6, 6.07) is 16.0. The van der Waals surface area contributed by atoms with Gasteiger partial charge in [0.1, 0.15) is 12.3 Å². The van der Waals surface area contributed by atoms with Crippen LogP contribution in [0.2, 0.25) is 0 Å². The predicted molar refractivity (Wildman–Crippen MR) is 96.0 cm³/mol. The van der Waals surface area contributed by atoms with E-state index in [2.05, 4.69) is 0 Å². The van der Waals surface area contributed by atoms with Crippen molar-refractivity contribution in [2.45, 2.75) is 6.54 Å². The zero-order chi connectivity index (χ0) is 18.4. The third-order valence-corrected chi connectivity index (χ3v) is 4.53. The van der Waals surface area contributed by atoms with Crippen LogP contribution in [0, 0.1) is 10.1 Å². The molecule has 1 amide bonds. The number of non-ortho nitro benzene ring substituents is 1. The molecule has 1 heterocycles. The monoisotopic (exact) mass is 356 g/mol. The van der Waals surface area contributed by atoms with Crippen molar-refractivity contribution in [3.05, 3.63) is 70.3 Å². The van der Waals surface area contributed by atoms with Crippen LogP contribution in [-0.2, 0) is 11.3 Å². The number of carbonyl (C=O) groups excluding carboxylic acids is 1. The smallest absolute Gasteiger partial charge is 0.269 e. The highest BCUT2D eigenvalue weighted by molar-refractivity contribution is 5.77. The molecule has 136 valence electrons. The Bertz CT molecular complexity index is 741. The summed E-state index contributed by atoms with van der Waals surface area (Å²) < 4.78 is 5.52. The van der Waals surface area contributed by atoms with Crippen molar-refractivity contribution < 1.29 is 19.4 Å². The Morgan fingerprint density at radius 1 is 1.08 bits per heavy atom. The van der Waals surface area contributed by atoms with Gasteiger partial charge in [-0.2, -0.15) is 0 Å². The topological polar surface area (TPSA) is 77.1 Å². The maximum absolute atomic E-state index is 12.3. The predicted octanol–water partition coefficient (Wildman–Crippen LogP) is 0.901. The van der Waals surface area contributed by atoms with Crippen LogP contribution in [0.1, 0.15) is 5.56 Å². The third kappa shape index (κ3) is 4.80. The Balaban J connectivity index is 1.43. The molecular formula is C19H22N3O4+. The first-order valence-corrected chi connectivity index (χ1v) is 8.64. The van der Waals surface area contributed by atoms with E-state index in [1.807, 2.05) is 35.2 Å². The van der Waals surface area contributed by atoms with Crippen molar-refractivity contribution in [3.63, 3.8) is 0 Å². The summed E-state index contributed by atoms with van der Waals surface area (Å²) in [4.78, 5) is 25.8. The van der Waals surface area contributed by atoms with E-state index < -0.39 is 4.92 Å². The number of rotatable bonds is 6. The maximum atomic E-state index is 12.3. The molecule has 0 saturated carbocycles. The van der Waals surface area contributed by atoms with Crippen molar-refractivity contribution in [3.8, 4) is 5.75 Å². The lowest BCUT2D eigenvalue weighted by Crippen LogP contribution is -3.13. The first-order valence-electron chi connectivity index (χ1n) is 8.64. The van der Waals surface area contributed by atoms with E-state index in [1.54, 1.807) is 12.1 Å². The van der Waals surface area contributed by atoms with E-state index in [4.69, 9.17) is 4.74 Å². The molecule has 2 aromatic carbocycles. The molecule has 0 radical (unpaired) electrons. The summed E-state index contributed by atoms with van der Waals surface area (Å²) in [7, 11) is 0. The number of benzene rings is 2. The molecule has 3 rings (SSSR count). The molecule has 0 unspecified atom stereocenters. The van der Waals surface area contributed by atoms with Crippen LogP contribution in [0.3, 0.4) is 0 Å². The maximum Gasteiger partial charge on any atom is 0.269 e. The van der Waals surface area contributed by atoms with Crippen molar-refractivity contribution in [1.29, 1.82) is 0 Å². The van der Waals surface area contributed by atoms with E-state index in [1.165, 1.54) is 17.0 Å². The molecule has 7 nitrogen and oxygen atoms in total. The molecule has 0 aromatic heterocycles. The number of nitrogens with one attached hydrogen (secondary N) is 1. The number of quaternary nitrogens is 1. The number of nitro benzene ring substituents is 1. The summed E-state index contributed by atoms with van der Waals surface area (Å²) >= 11 is 0. The van der Waals surface area contributed by atoms with E-state index in [-0.39, 0.29) is 18.2 Å². The average molecular weight is 356 g/mol. The van der Waals surface area contributed by atoms with Gasteiger partial charge in [-0.05, 0) is 24.3 Å². The minimum Gasteiger partial charge on any atom is -0.484 e. The molecule has 0 spiro atoms. The first kappa shape index (κ1) is 17.9. The molecule has 1 saturated heterocycles. The van der Waals surface area contributed by atoms with E-state index >= 15 is 0 Å². The molecule has 0 bridgehead atoms. The fraction of sp³-hybridized carbons (Fsp3) is 0.316. The highest BCUT2D eigenvalue weighted by Crippen LogP contribution is 2.11. The molecule has 0 atom stereocenters. The lowest BCUT2D eigenvalue weighted by atomic mass is 10.2. The number of amides is 1. The van der Waals surface area contributed by atoms with Crippen LogP contribution in [0.5, 0.6) is 5.75 Å². The molecule has 1 aliphatic heterocycles. The lowest BCUT2D eigenvalue weighted by Gasteiger charge is -2.32. The Morgan fingerprint density at radius 3 is 2.35 bits per heavy atom. The number of nitro groups is 1. The number of ether oxygens (including phenoxy) is 1. The Hall–Kier alpha value is -2.93. The Labute approximate surface area is 151 Å². The van der Waals surface area contributed by atoms with Crippen LogP contribution in [0.4, 0.5) is 5.69 Å². The second-order valence-corrected chi connectivity index (χ2v) is 6.33. The summed E-state index contributed by atoms with van der Waals surface area (Å²) in [5, 5.41) is 10.7. The van der Waals surface area contributed by atoms with E-state index in [0.29, 0.717) is 18.8 Å². The van der Waals surface area contributed by atoms with Gasteiger partial charge in [0, 0.05) is 17.7 Å². The largest absolute Gasteiger partial charge is 0.484 e. The summed E-state index contributed by atoms with van der Waals surface area (Å²) in [5.74, 6) is 0.700. The molecule has 26 heavy (non-hydrogen) atoms. The van der Waals surface area contributed by atoms with Gasteiger partial charge in [-0.3, -0.25) is 14.9 Å². The standard InChI is InChI=1S/C19H21N3O4/c23-19(15-26-18-4-2-1-3-5-18)21-12-10-20(11-13-21)14-16-6-8-17(9-7-16)22(24)25/h1-9H,10-15H2/p+1. The van der Waals surface area contributed by atoms with Gasteiger partial charge in [-0.25, -0.2) is 0 Å². The minimum atomic E-state index is -0.390. The highest BCUT2D eigenvalue weighted by atomic mass is 16.6. The molecule has 7 heteroatoms. The minimum absolute atomic E-state index is 0.00300. The van der Waals surface area contributed by atoms with Crippen LogP contribution in [-0.4, -0.2) is 48.5 Å². The second kappa shape index (κ2) is 8.44. The van der Waals surface area contributed by atoms with Crippen molar-refractivity contribution >= 4 is 11.6 Å². The van der Waals surface area contributed by atoms with Gasteiger partial charge in [-0.1, -0.05) is 18.2 Å². The number of nitrogens with zero attached hydrogens (tertiary/aromatic N) is 2. The quantitative estimate of drug-likeness (QED) is 0.616. The third-order valence-electron chi connectivity index (χ3n) is 4.53. The molecule has 2 aromatic rings. The van der Waals surface area contributed by atoms with Gasteiger partial charge in [0.25, 0.3) is 11.6 Å². The van der Waals surface area contributed by atoms with Gasteiger partial charge in [-0.15, -0.1) is 0 Å². The van der Waals surface area contributed by atoms with Crippen molar-refractivity contribution in [2.24, 2.45) is 0 Å². The SMILES string of the molecule is O=C(COc1ccccc1)N1CC[NH+](Cc2ccc([N+](=O)[O-])cc2)CC1. The number of hydrogen-bond donors (Lipinski definition) is 1. The zero-order valence-electron chi connectivity index (χ0n) is 14.5. The highest BCUT2D eigenvalue weighted by Gasteiger charge is 2.24. The number of para-hydroxylation sites is 1. The second-order valence-electron chi connectivity index (χ2n) is 6.33. The Morgan fingerprint density at radius 2 is 1.73 bits per heavy atom. The average Bonchev–Trinajstić information content (AvgIpc) is 2.68. The van der Waals surface area contributed by atoms with Gasteiger partial charge < -0.3 is 14.5 Å². The van der Waals surface area contributed by atoms with Gasteiger partial charge in [0.05, 0.1) is 31.1 Å². The fourth-order valence-electron chi connectivity index (χ4n) is 3.03. The summed E-state index contributed by atoms with van der Waals surface area (Å²) in [6.45, 7) is 3.96. The Kier molecular flexibility index (Phi) is 5.80. The summed E-state index contributed by atoms with van der Waals surface area (Å²) in [6.07, 6.45) is 0. The van der Waals surface area contributed by atoms with Crippen LogP contribution in [0.15, 0.2) is 54.6 Å².